The van der Waals surface area contributed by atoms with E-state index in [4.69, 9.17) is 10.5 Å². The Labute approximate surface area is 108 Å². The van der Waals surface area contributed by atoms with E-state index >= 15 is 0 Å². The lowest BCUT2D eigenvalue weighted by Crippen LogP contribution is -2.38. The van der Waals surface area contributed by atoms with E-state index in [0.29, 0.717) is 6.54 Å². The molecule has 1 atom stereocenters. The molecule has 1 aromatic carbocycles. The molecule has 0 saturated carbocycles. The van der Waals surface area contributed by atoms with Crippen molar-refractivity contribution in [3.63, 3.8) is 0 Å². The molecule has 1 saturated heterocycles. The van der Waals surface area contributed by atoms with Gasteiger partial charge in [0.25, 0.3) is 0 Å². The lowest BCUT2D eigenvalue weighted by atomic mass is 9.84. The molecule has 1 heterocycles. The van der Waals surface area contributed by atoms with Crippen LogP contribution in [0.2, 0.25) is 0 Å². The molecule has 1 aromatic rings. The molecule has 3 N–H and O–H groups in total. The summed E-state index contributed by atoms with van der Waals surface area (Å²) in [5.41, 5.74) is 7.35. The Bertz CT molecular complexity index is 448. The molecule has 1 amide bonds. The van der Waals surface area contributed by atoms with Gasteiger partial charge in [-0.3, -0.25) is 0 Å². The van der Waals surface area contributed by atoms with Crippen LogP contribution in [0, 0.1) is 0 Å². The first-order chi connectivity index (χ1) is 8.37. The average molecular weight is 248 g/mol. The highest BCUT2D eigenvalue weighted by atomic mass is 16.6. The molecule has 1 unspecified atom stereocenters. The first-order valence-corrected chi connectivity index (χ1v) is 6.15. The number of rotatable bonds is 2. The molecule has 0 spiro atoms. The van der Waals surface area contributed by atoms with Crippen LogP contribution in [0.4, 0.5) is 4.79 Å². The summed E-state index contributed by atoms with van der Waals surface area (Å²) in [5.74, 6) is 0. The Hall–Kier alpha value is -1.55. The Morgan fingerprint density at radius 3 is 2.33 bits per heavy atom. The van der Waals surface area contributed by atoms with Crippen molar-refractivity contribution in [3.05, 3.63) is 35.4 Å². The molecule has 1 fully saturated rings. The standard InChI is InChI=1S/C14H20N2O2/c1-13(2,3)10-4-6-11(7-5-10)14(8-15)9-16-12(17)18-14/h4-7H,8-9,15H2,1-3H3,(H,16,17). The number of carbonyl (C=O) groups excluding carboxylic acids is 1. The summed E-state index contributed by atoms with van der Waals surface area (Å²) in [5, 5.41) is 2.66. The van der Waals surface area contributed by atoms with Gasteiger partial charge in [0.15, 0.2) is 5.60 Å². The monoisotopic (exact) mass is 248 g/mol. The molecule has 0 radical (unpaired) electrons. The fraction of sp³-hybridized carbons (Fsp3) is 0.500. The molecular formula is C14H20N2O2. The summed E-state index contributed by atoms with van der Waals surface area (Å²) < 4.78 is 5.33. The first kappa shape index (κ1) is 12.9. The van der Waals surface area contributed by atoms with Crippen molar-refractivity contribution in [2.45, 2.75) is 31.8 Å². The highest BCUT2D eigenvalue weighted by Gasteiger charge is 2.40. The fourth-order valence-electron chi connectivity index (χ4n) is 2.13. The zero-order valence-electron chi connectivity index (χ0n) is 11.1. The van der Waals surface area contributed by atoms with Crippen molar-refractivity contribution < 1.29 is 9.53 Å². The maximum atomic E-state index is 11.2. The van der Waals surface area contributed by atoms with E-state index < -0.39 is 11.7 Å². The summed E-state index contributed by atoms with van der Waals surface area (Å²) >= 11 is 0. The minimum absolute atomic E-state index is 0.110. The predicted octanol–water partition coefficient (Wildman–Crippen LogP) is 1.88. The third-order valence-electron chi connectivity index (χ3n) is 3.41. The summed E-state index contributed by atoms with van der Waals surface area (Å²) in [6, 6.07) is 8.12. The summed E-state index contributed by atoms with van der Waals surface area (Å²) in [7, 11) is 0. The molecule has 98 valence electrons. The van der Waals surface area contributed by atoms with E-state index in [-0.39, 0.29) is 12.0 Å². The van der Waals surface area contributed by atoms with Crippen LogP contribution in [0.25, 0.3) is 0 Å². The minimum Gasteiger partial charge on any atom is -0.435 e. The summed E-state index contributed by atoms with van der Waals surface area (Å²) in [4.78, 5) is 11.2. The van der Waals surface area contributed by atoms with Gasteiger partial charge in [-0.05, 0) is 16.5 Å². The Balaban J connectivity index is 2.31. The summed E-state index contributed by atoms with van der Waals surface area (Å²) in [6.45, 7) is 7.20. The van der Waals surface area contributed by atoms with Gasteiger partial charge in [0, 0.05) is 6.54 Å². The molecule has 4 nitrogen and oxygen atoms in total. The van der Waals surface area contributed by atoms with Crippen LogP contribution in [0.1, 0.15) is 31.9 Å². The highest BCUT2D eigenvalue weighted by Crippen LogP contribution is 2.30. The fourth-order valence-corrected chi connectivity index (χ4v) is 2.13. The van der Waals surface area contributed by atoms with E-state index in [1.54, 1.807) is 0 Å². The van der Waals surface area contributed by atoms with Gasteiger partial charge < -0.3 is 15.8 Å². The lowest BCUT2D eigenvalue weighted by molar-refractivity contribution is 0.0617. The van der Waals surface area contributed by atoms with Gasteiger partial charge in [0.2, 0.25) is 0 Å². The van der Waals surface area contributed by atoms with Gasteiger partial charge in [-0.25, -0.2) is 4.79 Å². The van der Waals surface area contributed by atoms with Gasteiger partial charge in [-0.1, -0.05) is 45.0 Å². The highest BCUT2D eigenvalue weighted by molar-refractivity contribution is 5.70. The van der Waals surface area contributed by atoms with Gasteiger partial charge >= 0.3 is 6.09 Å². The first-order valence-electron chi connectivity index (χ1n) is 6.15. The van der Waals surface area contributed by atoms with Crippen molar-refractivity contribution in [1.82, 2.24) is 5.32 Å². The van der Waals surface area contributed by atoms with Crippen molar-refractivity contribution >= 4 is 6.09 Å². The zero-order valence-corrected chi connectivity index (χ0v) is 11.1. The van der Waals surface area contributed by atoms with E-state index in [0.717, 1.165) is 5.56 Å². The third-order valence-corrected chi connectivity index (χ3v) is 3.41. The van der Waals surface area contributed by atoms with Crippen LogP contribution in [-0.4, -0.2) is 19.2 Å². The molecule has 0 bridgehead atoms. The molecule has 0 aliphatic carbocycles. The van der Waals surface area contributed by atoms with Crippen LogP contribution in [-0.2, 0) is 15.8 Å². The molecule has 1 aliphatic heterocycles. The molecule has 1 aliphatic rings. The predicted molar refractivity (Wildman–Crippen MR) is 70.4 cm³/mol. The number of hydrogen-bond acceptors (Lipinski definition) is 3. The van der Waals surface area contributed by atoms with Crippen molar-refractivity contribution in [3.8, 4) is 0 Å². The second-order valence-corrected chi connectivity index (χ2v) is 5.77. The maximum Gasteiger partial charge on any atom is 0.408 e. The number of carbonyl (C=O) groups is 1. The van der Waals surface area contributed by atoms with Gasteiger partial charge in [-0.15, -0.1) is 0 Å². The number of amides is 1. The van der Waals surface area contributed by atoms with Crippen LogP contribution in [0.3, 0.4) is 0 Å². The van der Waals surface area contributed by atoms with E-state index in [2.05, 4.69) is 38.2 Å². The van der Waals surface area contributed by atoms with Crippen molar-refractivity contribution in [2.75, 3.05) is 13.1 Å². The average Bonchev–Trinajstić information content (AvgIpc) is 2.71. The number of alkyl carbamates (subject to hydrolysis) is 1. The van der Waals surface area contributed by atoms with Gasteiger partial charge in [0.05, 0.1) is 6.54 Å². The zero-order chi connectivity index (χ0) is 13.4. The van der Waals surface area contributed by atoms with Gasteiger partial charge in [0.1, 0.15) is 0 Å². The second-order valence-electron chi connectivity index (χ2n) is 5.77. The Morgan fingerprint density at radius 1 is 1.33 bits per heavy atom. The van der Waals surface area contributed by atoms with Crippen LogP contribution < -0.4 is 11.1 Å². The molecule has 0 aromatic heterocycles. The molecular weight excluding hydrogens is 228 g/mol. The van der Waals surface area contributed by atoms with E-state index in [1.165, 1.54) is 5.56 Å². The SMILES string of the molecule is CC(C)(C)c1ccc(C2(CN)CNC(=O)O2)cc1. The number of cyclic esters (lactones) is 1. The molecule has 18 heavy (non-hydrogen) atoms. The van der Waals surface area contributed by atoms with Gasteiger partial charge in [-0.2, -0.15) is 0 Å². The third kappa shape index (κ3) is 2.20. The van der Waals surface area contributed by atoms with E-state index in [9.17, 15) is 4.79 Å². The Morgan fingerprint density at radius 2 is 1.94 bits per heavy atom. The van der Waals surface area contributed by atoms with Crippen molar-refractivity contribution in [2.24, 2.45) is 5.73 Å². The number of nitrogens with one attached hydrogen (secondary N) is 1. The molecule has 2 rings (SSSR count). The minimum atomic E-state index is -0.715. The van der Waals surface area contributed by atoms with Crippen LogP contribution >= 0.6 is 0 Å². The quantitative estimate of drug-likeness (QED) is 0.840. The normalized spacial score (nSPS) is 23.7. The van der Waals surface area contributed by atoms with E-state index in [1.807, 2.05) is 12.1 Å². The second kappa shape index (κ2) is 4.28. The molecule has 4 heteroatoms. The largest absolute Gasteiger partial charge is 0.435 e. The summed E-state index contributed by atoms with van der Waals surface area (Å²) in [6.07, 6.45) is -0.402. The number of ether oxygens (including phenoxy) is 1. The number of nitrogens with two attached hydrogens (primary N) is 1. The smallest absolute Gasteiger partial charge is 0.408 e. The van der Waals surface area contributed by atoms with Crippen LogP contribution in [0.5, 0.6) is 0 Å². The van der Waals surface area contributed by atoms with Crippen molar-refractivity contribution in [1.29, 1.82) is 0 Å². The topological polar surface area (TPSA) is 64.3 Å². The number of hydrogen-bond donors (Lipinski definition) is 2. The Kier molecular flexibility index (Phi) is 3.07. The lowest BCUT2D eigenvalue weighted by Gasteiger charge is -2.26. The number of benzene rings is 1. The maximum absolute atomic E-state index is 11.2. The van der Waals surface area contributed by atoms with Crippen LogP contribution in [0.15, 0.2) is 24.3 Å².